The number of aliphatic carboxylic acids is 1. The van der Waals surface area contributed by atoms with Gasteiger partial charge in [0.15, 0.2) is 11.5 Å². The predicted octanol–water partition coefficient (Wildman–Crippen LogP) is 3.44. The summed E-state index contributed by atoms with van der Waals surface area (Å²) in [5.41, 5.74) is 2.55. The highest BCUT2D eigenvalue weighted by Crippen LogP contribution is 2.49. The minimum absolute atomic E-state index is 0.0733. The Morgan fingerprint density at radius 3 is 2.36 bits per heavy atom. The first-order valence-electron chi connectivity index (χ1n) is 9.39. The molecule has 1 N–H and O–H groups in total. The zero-order valence-electron chi connectivity index (χ0n) is 15.5. The lowest BCUT2D eigenvalue weighted by Crippen LogP contribution is -2.51. The van der Waals surface area contributed by atoms with Gasteiger partial charge in [0.1, 0.15) is 0 Å². The van der Waals surface area contributed by atoms with Gasteiger partial charge in [0.25, 0.3) is 0 Å². The summed E-state index contributed by atoms with van der Waals surface area (Å²) in [6.07, 6.45) is 4.22. The minimum Gasteiger partial charge on any atom is -0.490 e. The second-order valence-corrected chi connectivity index (χ2v) is 7.14. The van der Waals surface area contributed by atoms with Crippen molar-refractivity contribution in [2.24, 2.45) is 5.92 Å². The van der Waals surface area contributed by atoms with Crippen LogP contribution in [0.5, 0.6) is 11.5 Å². The molecule has 3 rings (SSSR count). The van der Waals surface area contributed by atoms with Crippen molar-refractivity contribution in [2.45, 2.75) is 51.5 Å². The number of hydrogen-bond acceptors (Lipinski definition) is 4. The lowest BCUT2D eigenvalue weighted by molar-refractivity contribution is -0.144. The number of fused-ring (bicyclic) bond motifs is 2. The molecular formula is C20H29NO4. The summed E-state index contributed by atoms with van der Waals surface area (Å²) in [7, 11) is 2.17. The van der Waals surface area contributed by atoms with Crippen LogP contribution in [0.4, 0.5) is 0 Å². The standard InChI is InChI=1S/C20H29NO4/c1-4-24-17-12-15-8-11-21(3)20(16(15)13-18(17)25-5-2)9-6-14(7-10-20)19(22)23/h12-14H,4-11H2,1-3H3,(H,22,23)/t14-,20-. The Kier molecular flexibility index (Phi) is 5.23. The van der Waals surface area contributed by atoms with Crippen LogP contribution in [0.15, 0.2) is 12.1 Å². The fraction of sp³-hybridized carbons (Fsp3) is 0.650. The Morgan fingerprint density at radius 1 is 1.20 bits per heavy atom. The molecule has 1 aliphatic heterocycles. The molecule has 0 aromatic heterocycles. The summed E-state index contributed by atoms with van der Waals surface area (Å²) in [5.74, 6) is 0.758. The van der Waals surface area contributed by atoms with E-state index in [0.29, 0.717) is 13.2 Å². The third-order valence-electron chi connectivity index (χ3n) is 5.88. The molecule has 0 radical (unpaired) electrons. The second kappa shape index (κ2) is 7.24. The first kappa shape index (κ1) is 18.1. The summed E-state index contributed by atoms with van der Waals surface area (Å²) in [4.78, 5) is 13.8. The van der Waals surface area contributed by atoms with Gasteiger partial charge in [-0.05, 0) is 76.3 Å². The van der Waals surface area contributed by atoms with Gasteiger partial charge in [0.2, 0.25) is 0 Å². The molecule has 1 heterocycles. The fourth-order valence-electron chi connectivity index (χ4n) is 4.48. The van der Waals surface area contributed by atoms with Crippen LogP contribution in [-0.2, 0) is 16.8 Å². The van der Waals surface area contributed by atoms with Crippen molar-refractivity contribution >= 4 is 5.97 Å². The number of likely N-dealkylation sites (N-methyl/N-ethyl adjacent to an activating group) is 1. The van der Waals surface area contributed by atoms with E-state index in [4.69, 9.17) is 9.47 Å². The van der Waals surface area contributed by atoms with Crippen molar-refractivity contribution in [2.75, 3.05) is 26.8 Å². The molecule has 0 amide bonds. The van der Waals surface area contributed by atoms with Gasteiger partial charge in [-0.3, -0.25) is 9.69 Å². The van der Waals surface area contributed by atoms with Gasteiger partial charge < -0.3 is 14.6 Å². The molecule has 1 spiro atoms. The van der Waals surface area contributed by atoms with E-state index in [1.807, 2.05) is 13.8 Å². The molecule has 1 fully saturated rings. The van der Waals surface area contributed by atoms with Gasteiger partial charge >= 0.3 is 5.97 Å². The third-order valence-corrected chi connectivity index (χ3v) is 5.88. The molecule has 1 aromatic rings. The maximum atomic E-state index is 11.4. The molecule has 25 heavy (non-hydrogen) atoms. The number of hydrogen-bond donors (Lipinski definition) is 1. The predicted molar refractivity (Wildman–Crippen MR) is 96.4 cm³/mol. The molecular weight excluding hydrogens is 318 g/mol. The average Bonchev–Trinajstić information content (AvgIpc) is 2.60. The van der Waals surface area contributed by atoms with Crippen molar-refractivity contribution in [3.8, 4) is 11.5 Å². The number of rotatable bonds is 5. The van der Waals surface area contributed by atoms with Gasteiger partial charge in [0, 0.05) is 12.1 Å². The molecule has 5 nitrogen and oxygen atoms in total. The van der Waals surface area contributed by atoms with Crippen LogP contribution in [0.25, 0.3) is 0 Å². The Bertz CT molecular complexity index is 635. The van der Waals surface area contributed by atoms with E-state index in [1.165, 1.54) is 11.1 Å². The molecule has 0 unspecified atom stereocenters. The van der Waals surface area contributed by atoms with Crippen molar-refractivity contribution in [1.29, 1.82) is 0 Å². The van der Waals surface area contributed by atoms with Gasteiger partial charge in [-0.15, -0.1) is 0 Å². The number of nitrogens with zero attached hydrogens (tertiary/aromatic N) is 1. The van der Waals surface area contributed by atoms with Crippen molar-refractivity contribution in [1.82, 2.24) is 4.90 Å². The van der Waals surface area contributed by atoms with E-state index in [0.717, 1.165) is 50.1 Å². The molecule has 138 valence electrons. The second-order valence-electron chi connectivity index (χ2n) is 7.14. The van der Waals surface area contributed by atoms with Gasteiger partial charge in [-0.25, -0.2) is 0 Å². The lowest BCUT2D eigenvalue weighted by Gasteiger charge is -2.50. The van der Waals surface area contributed by atoms with Crippen LogP contribution in [-0.4, -0.2) is 42.8 Å². The van der Waals surface area contributed by atoms with Crippen LogP contribution in [0.1, 0.15) is 50.7 Å². The van der Waals surface area contributed by atoms with E-state index >= 15 is 0 Å². The highest BCUT2D eigenvalue weighted by atomic mass is 16.5. The van der Waals surface area contributed by atoms with E-state index < -0.39 is 5.97 Å². The molecule has 0 saturated heterocycles. The molecule has 0 atom stereocenters. The van der Waals surface area contributed by atoms with Crippen LogP contribution in [0, 0.1) is 5.92 Å². The van der Waals surface area contributed by atoms with Crippen LogP contribution >= 0.6 is 0 Å². The molecule has 5 heteroatoms. The SMILES string of the molecule is CCOc1cc2c(cc1OCC)[C@]1(CC[C@@H](C(=O)O)CC1)N(C)CC2. The summed E-state index contributed by atoms with van der Waals surface area (Å²) in [6, 6.07) is 4.29. The molecule has 0 bridgehead atoms. The Labute approximate surface area is 149 Å². The summed E-state index contributed by atoms with van der Waals surface area (Å²) < 4.78 is 11.6. The largest absolute Gasteiger partial charge is 0.490 e. The maximum absolute atomic E-state index is 11.4. The first-order valence-corrected chi connectivity index (χ1v) is 9.39. The first-order chi connectivity index (χ1) is 12.0. The van der Waals surface area contributed by atoms with Gasteiger partial charge in [0.05, 0.1) is 19.1 Å². The fourth-order valence-corrected chi connectivity index (χ4v) is 4.48. The van der Waals surface area contributed by atoms with E-state index in [1.54, 1.807) is 0 Å². The molecule has 1 aliphatic carbocycles. The highest BCUT2D eigenvalue weighted by Gasteiger charge is 2.45. The lowest BCUT2D eigenvalue weighted by atomic mass is 9.68. The monoisotopic (exact) mass is 347 g/mol. The molecule has 1 saturated carbocycles. The average molecular weight is 347 g/mol. The highest BCUT2D eigenvalue weighted by molar-refractivity contribution is 5.70. The number of carboxylic acids is 1. The zero-order valence-corrected chi connectivity index (χ0v) is 15.5. The molecule has 1 aromatic carbocycles. The molecule has 2 aliphatic rings. The summed E-state index contributed by atoms with van der Waals surface area (Å²) >= 11 is 0. The van der Waals surface area contributed by atoms with Crippen LogP contribution in [0.2, 0.25) is 0 Å². The maximum Gasteiger partial charge on any atom is 0.306 e. The number of carboxylic acid groups (broad SMARTS) is 1. The van der Waals surface area contributed by atoms with E-state index in [9.17, 15) is 9.90 Å². The Hall–Kier alpha value is -1.75. The summed E-state index contributed by atoms with van der Waals surface area (Å²) in [6.45, 7) is 6.17. The Morgan fingerprint density at radius 2 is 1.80 bits per heavy atom. The van der Waals surface area contributed by atoms with Gasteiger partial charge in [-0.2, -0.15) is 0 Å². The van der Waals surface area contributed by atoms with Crippen LogP contribution in [0.3, 0.4) is 0 Å². The van der Waals surface area contributed by atoms with E-state index in [2.05, 4.69) is 24.1 Å². The number of carbonyl (C=O) groups is 1. The zero-order chi connectivity index (χ0) is 18.0. The smallest absolute Gasteiger partial charge is 0.306 e. The van der Waals surface area contributed by atoms with E-state index in [-0.39, 0.29) is 11.5 Å². The normalized spacial score (nSPS) is 26.3. The quantitative estimate of drug-likeness (QED) is 0.884. The van der Waals surface area contributed by atoms with Gasteiger partial charge in [-0.1, -0.05) is 0 Å². The number of benzene rings is 1. The third kappa shape index (κ3) is 3.22. The van der Waals surface area contributed by atoms with Crippen molar-refractivity contribution < 1.29 is 19.4 Å². The van der Waals surface area contributed by atoms with Crippen molar-refractivity contribution in [3.63, 3.8) is 0 Å². The minimum atomic E-state index is -0.657. The number of ether oxygens (including phenoxy) is 2. The summed E-state index contributed by atoms with van der Waals surface area (Å²) in [5, 5.41) is 9.35. The topological polar surface area (TPSA) is 59.0 Å². The van der Waals surface area contributed by atoms with Crippen molar-refractivity contribution in [3.05, 3.63) is 23.3 Å². The van der Waals surface area contributed by atoms with Crippen LogP contribution < -0.4 is 9.47 Å². The Balaban J connectivity index is 2.00.